The smallest absolute Gasteiger partial charge is 0.412 e. The van der Waals surface area contributed by atoms with Gasteiger partial charge in [-0.1, -0.05) is 55.6 Å². The van der Waals surface area contributed by atoms with Gasteiger partial charge in [-0.15, -0.1) is 0 Å². The number of hydrogen-bond donors (Lipinski definition) is 2. The second-order valence-electron chi connectivity index (χ2n) is 11.5. The zero-order valence-corrected chi connectivity index (χ0v) is 29.3. The zero-order valence-electron chi connectivity index (χ0n) is 26.0. The Bertz CT molecular complexity index is 1530. The van der Waals surface area contributed by atoms with E-state index in [0.717, 1.165) is 0 Å². The van der Waals surface area contributed by atoms with Gasteiger partial charge < -0.3 is 18.6 Å². The lowest BCUT2D eigenvalue weighted by Gasteiger charge is -2.36. The van der Waals surface area contributed by atoms with Crippen molar-refractivity contribution in [1.29, 1.82) is 0 Å². The fraction of sp³-hybridized carbons (Fsp3) is 0.400. The summed E-state index contributed by atoms with van der Waals surface area (Å²) in [5.74, 6) is -0.168. The minimum absolute atomic E-state index is 0.0366. The van der Waals surface area contributed by atoms with Crippen molar-refractivity contribution in [3.63, 3.8) is 0 Å². The van der Waals surface area contributed by atoms with E-state index in [9.17, 15) is 14.0 Å². The number of amides is 2. The first-order valence-electron chi connectivity index (χ1n) is 13.8. The molecule has 0 saturated carbocycles. The van der Waals surface area contributed by atoms with E-state index in [1.54, 1.807) is 31.2 Å². The van der Waals surface area contributed by atoms with Crippen LogP contribution in [-0.2, 0) is 13.9 Å². The molecule has 0 aliphatic carbocycles. The highest BCUT2D eigenvalue weighted by Gasteiger charge is 2.37. The number of ether oxygens (including phenoxy) is 3. The lowest BCUT2D eigenvalue weighted by atomic mass is 9.98. The maximum atomic E-state index is 14.9. The first-order valence-corrected chi connectivity index (χ1v) is 17.8. The predicted octanol–water partition coefficient (Wildman–Crippen LogP) is 8.76. The average Bonchev–Trinajstić information content (AvgIpc) is 2.94. The Kier molecular flexibility index (Phi) is 12.1. The van der Waals surface area contributed by atoms with E-state index < -0.39 is 36.7 Å². The summed E-state index contributed by atoms with van der Waals surface area (Å²) in [6.07, 6.45) is -0.170. The molecule has 10 nitrogen and oxygen atoms in total. The molecule has 3 rings (SSSR count). The van der Waals surface area contributed by atoms with E-state index in [4.69, 9.17) is 48.7 Å². The summed E-state index contributed by atoms with van der Waals surface area (Å²) >= 11 is 16.9. The molecule has 0 fully saturated rings. The topological polar surface area (TPSA) is 121 Å². The number of aromatic nitrogens is 2. The monoisotopic (exact) mass is 700 g/mol. The average molecular weight is 702 g/mol. The molecule has 244 valence electrons. The van der Waals surface area contributed by atoms with Gasteiger partial charge in [-0.25, -0.2) is 23.9 Å². The van der Waals surface area contributed by atoms with E-state index in [2.05, 4.69) is 59.2 Å². The third-order valence-electron chi connectivity index (χ3n) is 7.10. The van der Waals surface area contributed by atoms with Crippen molar-refractivity contribution >= 4 is 66.8 Å². The van der Waals surface area contributed by atoms with Crippen LogP contribution in [-0.4, -0.2) is 61.2 Å². The molecule has 0 aliphatic rings. The molecular formula is C30H36Cl3FN4O6Si. The molecule has 0 aliphatic heterocycles. The van der Waals surface area contributed by atoms with Crippen LogP contribution in [0.1, 0.15) is 26.3 Å². The van der Waals surface area contributed by atoms with Gasteiger partial charge in [0.1, 0.15) is 24.8 Å². The number of carbonyl (C=O) groups is 2. The van der Waals surface area contributed by atoms with E-state index in [0.29, 0.717) is 34.6 Å². The van der Waals surface area contributed by atoms with Gasteiger partial charge >= 0.3 is 12.2 Å². The van der Waals surface area contributed by atoms with Gasteiger partial charge in [0.25, 0.3) is 0 Å². The van der Waals surface area contributed by atoms with Crippen LogP contribution >= 0.6 is 34.8 Å². The maximum Gasteiger partial charge on any atom is 0.412 e. The zero-order chi connectivity index (χ0) is 33.6. The normalized spacial score (nSPS) is 12.0. The van der Waals surface area contributed by atoms with Gasteiger partial charge in [0.2, 0.25) is 9.67 Å². The minimum Gasteiger partial charge on any atom is -0.475 e. The highest BCUT2D eigenvalue weighted by atomic mass is 35.6. The summed E-state index contributed by atoms with van der Waals surface area (Å²) in [4.78, 5) is 32.9. The number of aryl methyl sites for hydroxylation is 1. The van der Waals surface area contributed by atoms with Gasteiger partial charge in [0.05, 0.1) is 25.1 Å². The van der Waals surface area contributed by atoms with Gasteiger partial charge in [0, 0.05) is 17.8 Å². The molecule has 0 radical (unpaired) electrons. The standard InChI is InChI=1S/C30H36Cl3FN4O6Si/c1-18-12-22(34)24(37-28(40)43-17-30(31,32)33)16-21(18)20-13-23(19-8-9-35-25(14-19)38-27(39)41-5)36-26(15-20)42-10-11-44-45(6,7)29(2,3)4/h8-9,12-16H,10-11,17H2,1-7H3,(H,37,40)(H,35,38,39). The Morgan fingerprint density at radius 3 is 2.33 bits per heavy atom. The van der Waals surface area contributed by atoms with Crippen LogP contribution in [0.4, 0.5) is 25.5 Å². The summed E-state index contributed by atoms with van der Waals surface area (Å²) in [5.41, 5.74) is 2.68. The molecule has 45 heavy (non-hydrogen) atoms. The largest absolute Gasteiger partial charge is 0.475 e. The highest BCUT2D eigenvalue weighted by Crippen LogP contribution is 2.37. The molecule has 2 amide bonds. The van der Waals surface area contributed by atoms with Crippen LogP contribution in [0.5, 0.6) is 5.88 Å². The van der Waals surface area contributed by atoms with Crippen LogP contribution in [0.3, 0.4) is 0 Å². The summed E-state index contributed by atoms with van der Waals surface area (Å²) in [6, 6.07) is 9.54. The molecule has 1 aromatic carbocycles. The quantitative estimate of drug-likeness (QED) is 0.122. The first-order chi connectivity index (χ1) is 20.9. The van der Waals surface area contributed by atoms with Crippen molar-refractivity contribution < 1.29 is 32.6 Å². The van der Waals surface area contributed by atoms with Crippen molar-refractivity contribution in [2.24, 2.45) is 0 Å². The first kappa shape index (κ1) is 36.3. The maximum absolute atomic E-state index is 14.9. The summed E-state index contributed by atoms with van der Waals surface area (Å²) in [5, 5.41) is 4.91. The number of anilines is 2. The highest BCUT2D eigenvalue weighted by molar-refractivity contribution is 6.74. The summed E-state index contributed by atoms with van der Waals surface area (Å²) in [6.45, 7) is 12.6. The van der Waals surface area contributed by atoms with E-state index in [1.807, 2.05) is 0 Å². The van der Waals surface area contributed by atoms with Crippen LogP contribution in [0.15, 0.2) is 42.6 Å². The molecule has 2 aromatic heterocycles. The number of alkyl halides is 3. The summed E-state index contributed by atoms with van der Waals surface area (Å²) in [7, 11) is -0.750. The minimum atomic E-state index is -2.00. The Hall–Kier alpha value is -3.16. The van der Waals surface area contributed by atoms with E-state index in [1.165, 1.54) is 25.4 Å². The van der Waals surface area contributed by atoms with Crippen molar-refractivity contribution in [2.75, 3.05) is 37.6 Å². The van der Waals surface area contributed by atoms with Crippen LogP contribution in [0.2, 0.25) is 18.1 Å². The number of nitrogens with zero attached hydrogens (tertiary/aromatic N) is 2. The number of halogens is 4. The van der Waals surface area contributed by atoms with E-state index in [-0.39, 0.29) is 29.0 Å². The van der Waals surface area contributed by atoms with Crippen molar-refractivity contribution in [3.8, 4) is 28.3 Å². The molecular weight excluding hydrogens is 666 g/mol. The number of rotatable bonds is 10. The molecule has 2 heterocycles. The molecule has 3 aromatic rings. The van der Waals surface area contributed by atoms with Gasteiger partial charge in [0.15, 0.2) is 8.32 Å². The second-order valence-corrected chi connectivity index (χ2v) is 18.9. The van der Waals surface area contributed by atoms with Crippen molar-refractivity contribution in [3.05, 3.63) is 54.0 Å². The fourth-order valence-electron chi connectivity index (χ4n) is 3.73. The molecule has 0 atom stereocenters. The van der Waals surface area contributed by atoms with Gasteiger partial charge in [-0.3, -0.25) is 10.6 Å². The number of nitrogens with one attached hydrogen (secondary N) is 2. The Balaban J connectivity index is 1.99. The molecule has 0 spiro atoms. The molecule has 0 unspecified atom stereocenters. The van der Waals surface area contributed by atoms with Crippen LogP contribution < -0.4 is 15.4 Å². The molecule has 2 N–H and O–H groups in total. The number of methoxy groups -OCH3 is 1. The van der Waals surface area contributed by atoms with Gasteiger partial charge in [-0.2, -0.15) is 0 Å². The Labute approximate surface area is 278 Å². The number of carbonyl (C=O) groups excluding carboxylic acids is 2. The lowest BCUT2D eigenvalue weighted by Crippen LogP contribution is -2.41. The third kappa shape index (κ3) is 10.7. The fourth-order valence-corrected chi connectivity index (χ4v) is 4.92. The second kappa shape index (κ2) is 15.0. The Morgan fingerprint density at radius 1 is 0.978 bits per heavy atom. The number of hydrogen-bond acceptors (Lipinski definition) is 8. The lowest BCUT2D eigenvalue weighted by molar-refractivity contribution is 0.163. The van der Waals surface area contributed by atoms with Crippen LogP contribution in [0, 0.1) is 12.7 Å². The van der Waals surface area contributed by atoms with E-state index >= 15 is 0 Å². The van der Waals surface area contributed by atoms with Gasteiger partial charge in [-0.05, 0) is 72.1 Å². The molecule has 0 saturated heterocycles. The Morgan fingerprint density at radius 2 is 1.69 bits per heavy atom. The molecule has 15 heteroatoms. The predicted molar refractivity (Wildman–Crippen MR) is 178 cm³/mol. The number of pyridine rings is 2. The summed E-state index contributed by atoms with van der Waals surface area (Å²) < 4.78 is 34.9. The number of benzene rings is 1. The van der Waals surface area contributed by atoms with Crippen molar-refractivity contribution in [1.82, 2.24) is 9.97 Å². The third-order valence-corrected chi connectivity index (χ3v) is 12.0. The van der Waals surface area contributed by atoms with Crippen LogP contribution in [0.25, 0.3) is 22.4 Å². The molecule has 0 bridgehead atoms. The van der Waals surface area contributed by atoms with Crippen molar-refractivity contribution in [2.45, 2.75) is 49.6 Å². The SMILES string of the molecule is COC(=O)Nc1cc(-c2cc(-c3cc(NC(=O)OCC(Cl)(Cl)Cl)c(F)cc3C)cc(OCCO[Si](C)(C)C(C)(C)C)n2)ccn1.